The molecule has 6 unspecified atom stereocenters. The highest BCUT2D eigenvalue weighted by atomic mass is 16.6. The average molecular weight is 806 g/mol. The molecule has 0 saturated heterocycles. The largest absolute Gasteiger partial charge is 0.481 e. The second-order valence-electron chi connectivity index (χ2n) is 19.4. The Morgan fingerprint density at radius 3 is 1.67 bits per heavy atom. The molecule has 6 fully saturated rings. The van der Waals surface area contributed by atoms with E-state index in [2.05, 4.69) is 24.6 Å². The average Bonchev–Trinajstić information content (AvgIpc) is 3.19. The summed E-state index contributed by atoms with van der Waals surface area (Å²) in [6, 6.07) is -1.77. The molecule has 0 heterocycles. The van der Waals surface area contributed by atoms with Crippen molar-refractivity contribution in [1.29, 1.82) is 0 Å². The molecule has 6 atom stereocenters. The fraction of sp³-hybridized carbons (Fsp3) is 0.930. The Morgan fingerprint density at radius 1 is 0.649 bits per heavy atom. The van der Waals surface area contributed by atoms with Gasteiger partial charge >= 0.3 is 11.9 Å². The van der Waals surface area contributed by atoms with Gasteiger partial charge in [0.15, 0.2) is 0 Å². The van der Waals surface area contributed by atoms with Crippen molar-refractivity contribution in [2.45, 2.75) is 204 Å². The van der Waals surface area contributed by atoms with Crippen molar-refractivity contribution >= 4 is 17.8 Å². The van der Waals surface area contributed by atoms with Gasteiger partial charge in [0.25, 0.3) is 0 Å². The third kappa shape index (κ3) is 11.9. The van der Waals surface area contributed by atoms with Crippen LogP contribution in [-0.4, -0.2) is 93.3 Å². The van der Waals surface area contributed by atoms with Crippen LogP contribution >= 0.6 is 0 Å². The van der Waals surface area contributed by atoms with Crippen molar-refractivity contribution in [2.75, 3.05) is 6.61 Å². The molecule has 5 N–H and O–H groups in total. The lowest BCUT2D eigenvalue weighted by atomic mass is 9.60. The van der Waals surface area contributed by atoms with E-state index in [-0.39, 0.29) is 66.1 Å². The third-order valence-corrected chi connectivity index (χ3v) is 15.5. The van der Waals surface area contributed by atoms with Crippen LogP contribution in [0.5, 0.6) is 0 Å². The Morgan fingerprint density at radius 2 is 1.16 bits per heavy atom. The predicted molar refractivity (Wildman–Crippen MR) is 210 cm³/mol. The predicted octanol–water partition coefficient (Wildman–Crippen LogP) is 6.43. The number of nitrogens with one attached hydrogen (secondary N) is 2. The zero-order valence-electron chi connectivity index (χ0n) is 34.4. The smallest absolute Gasteiger partial charge is 0.308 e. The maximum atomic E-state index is 13.1. The van der Waals surface area contributed by atoms with Gasteiger partial charge < -0.3 is 34.9 Å². The van der Waals surface area contributed by atoms with Gasteiger partial charge in [0, 0.05) is 35.8 Å². The summed E-state index contributed by atoms with van der Waals surface area (Å²) < 4.78 is 13.3. The molecule has 14 heteroatoms. The van der Waals surface area contributed by atoms with E-state index in [1.807, 2.05) is 0 Å². The number of carboxylic acid groups (broad SMARTS) is 2. The number of amides is 1. The summed E-state index contributed by atoms with van der Waals surface area (Å²) in [5.41, 5.74) is 3.28. The number of carbonyl (C=O) groups excluding carboxylic acids is 1. The van der Waals surface area contributed by atoms with Gasteiger partial charge in [-0.2, -0.15) is 5.48 Å². The fourth-order valence-electron chi connectivity index (χ4n) is 11.6. The number of carboxylic acids is 2. The zero-order valence-corrected chi connectivity index (χ0v) is 34.4. The summed E-state index contributed by atoms with van der Waals surface area (Å²) in [6.07, 6.45) is 18.8. The van der Waals surface area contributed by atoms with Gasteiger partial charge in [-0.15, -0.1) is 0 Å². The van der Waals surface area contributed by atoms with E-state index in [4.69, 9.17) is 14.3 Å². The van der Waals surface area contributed by atoms with Crippen LogP contribution in [0.25, 0.3) is 0 Å². The monoisotopic (exact) mass is 806 g/mol. The van der Waals surface area contributed by atoms with Gasteiger partial charge in [0.2, 0.25) is 11.9 Å². The molecule has 0 spiro atoms. The fourth-order valence-corrected chi connectivity index (χ4v) is 11.6. The highest BCUT2D eigenvalue weighted by Crippen LogP contribution is 2.49. The summed E-state index contributed by atoms with van der Waals surface area (Å²) in [5, 5.41) is 43.3. The van der Waals surface area contributed by atoms with E-state index in [1.165, 1.54) is 25.7 Å². The summed E-state index contributed by atoms with van der Waals surface area (Å²) in [5.74, 6) is -1.86. The van der Waals surface area contributed by atoms with Crippen LogP contribution in [0, 0.1) is 51.0 Å². The second-order valence-corrected chi connectivity index (χ2v) is 19.4. The number of aliphatic hydroxyl groups excluding tert-OH is 1. The van der Waals surface area contributed by atoms with E-state index in [1.54, 1.807) is 0 Å². The minimum absolute atomic E-state index is 0.0673. The number of hydrogen-bond donors (Lipinski definition) is 5. The molecular weight excluding hydrogens is 734 g/mol. The number of nitro groups is 1. The number of rotatable bonds is 15. The molecule has 324 valence electrons. The minimum atomic E-state index is -1.00. The van der Waals surface area contributed by atoms with E-state index in [9.17, 15) is 39.8 Å². The molecule has 6 aliphatic carbocycles. The molecule has 0 radical (unpaired) electrons. The van der Waals surface area contributed by atoms with Gasteiger partial charge in [0.05, 0.1) is 49.0 Å². The van der Waals surface area contributed by atoms with E-state index >= 15 is 0 Å². The summed E-state index contributed by atoms with van der Waals surface area (Å²) >= 11 is 0. The third-order valence-electron chi connectivity index (χ3n) is 15.5. The molecule has 1 amide bonds. The second kappa shape index (κ2) is 20.2. The van der Waals surface area contributed by atoms with Crippen molar-refractivity contribution in [1.82, 2.24) is 10.8 Å². The number of carbonyl (C=O) groups is 3. The van der Waals surface area contributed by atoms with Crippen molar-refractivity contribution in [3.63, 3.8) is 0 Å². The van der Waals surface area contributed by atoms with Crippen LogP contribution in [-0.2, 0) is 28.7 Å². The van der Waals surface area contributed by atoms with Crippen LogP contribution in [0.2, 0.25) is 0 Å². The Bertz CT molecular complexity index is 1330. The lowest BCUT2D eigenvalue weighted by molar-refractivity contribution is -0.527. The first-order valence-corrected chi connectivity index (χ1v) is 22.5. The van der Waals surface area contributed by atoms with Crippen molar-refractivity contribution in [3.05, 3.63) is 10.1 Å². The van der Waals surface area contributed by atoms with Crippen molar-refractivity contribution in [3.8, 4) is 0 Å². The lowest BCUT2D eigenvalue weighted by Crippen LogP contribution is -2.51. The molecule has 0 aromatic rings. The number of aliphatic hydroxyl groups is 1. The maximum Gasteiger partial charge on any atom is 0.308 e. The number of hydroxylamine groups is 1. The highest BCUT2D eigenvalue weighted by molar-refractivity contribution is 5.80. The summed E-state index contributed by atoms with van der Waals surface area (Å²) in [4.78, 5) is 53.4. The molecule has 0 aromatic carbocycles. The number of aliphatic carboxylic acids is 2. The first-order valence-electron chi connectivity index (χ1n) is 22.5. The molecule has 0 bridgehead atoms. The molecular formula is C43H71N3O11. The standard InChI is InChI=1S/C43H71N3O11/c1-43(2,28-7-17-34(18-8-28)56-32-13-3-26(4-14-32)25-55-45-38-22-12-31(47)24-37(38)42(51)52)29-9-19-35(20-10-29)57-33-15-5-27(6-16-33)40(48)44-39-23-30(46(53)54)11-21-36(39)41(49)50/h26-39,45,47H,3-25H2,1-2H3,(H,44,48)(H,49,50)(H,51,52). The summed E-state index contributed by atoms with van der Waals surface area (Å²) in [6.45, 7) is 5.54. The van der Waals surface area contributed by atoms with E-state index in [0.717, 1.165) is 64.2 Å². The molecule has 6 rings (SSSR count). The number of hydrogen-bond acceptors (Lipinski definition) is 10. The normalized spacial score (nSPS) is 39.5. The summed E-state index contributed by atoms with van der Waals surface area (Å²) in [7, 11) is 0. The quantitative estimate of drug-likeness (QED) is 0.0897. The molecule has 0 aliphatic heterocycles. The van der Waals surface area contributed by atoms with Crippen LogP contribution in [0.1, 0.15) is 155 Å². The SMILES string of the molecule is CC(C)(C1CCC(OC2CCC(CONC3CCC(O)CC3C(=O)O)CC2)CC1)C1CCC(OC2CCC(C(=O)NC3CC([N+](=O)[O-])CCC3C(=O)O)CC2)CC1. The van der Waals surface area contributed by atoms with Gasteiger partial charge in [-0.1, -0.05) is 13.8 Å². The molecule has 57 heavy (non-hydrogen) atoms. The van der Waals surface area contributed by atoms with Gasteiger partial charge in [-0.3, -0.25) is 24.5 Å². The maximum absolute atomic E-state index is 13.1. The van der Waals surface area contributed by atoms with Crippen LogP contribution in [0.3, 0.4) is 0 Å². The van der Waals surface area contributed by atoms with Gasteiger partial charge in [-0.25, -0.2) is 0 Å². The Labute approximate surface area is 338 Å². The Hall–Kier alpha value is -2.39. The highest BCUT2D eigenvalue weighted by Gasteiger charge is 2.44. The first kappa shape index (κ1) is 44.2. The Kier molecular flexibility index (Phi) is 15.7. The first-order chi connectivity index (χ1) is 27.3. The van der Waals surface area contributed by atoms with Crippen molar-refractivity contribution < 1.29 is 48.9 Å². The minimum Gasteiger partial charge on any atom is -0.481 e. The number of ether oxygens (including phenoxy) is 2. The van der Waals surface area contributed by atoms with E-state index < -0.39 is 42.0 Å². The molecule has 14 nitrogen and oxygen atoms in total. The lowest BCUT2D eigenvalue weighted by Gasteiger charge is -2.47. The topological polar surface area (TPSA) is 207 Å². The Balaban J connectivity index is 0.833. The number of nitrogens with zero attached hydrogens (tertiary/aromatic N) is 1. The van der Waals surface area contributed by atoms with Crippen molar-refractivity contribution in [2.24, 2.45) is 40.9 Å². The molecule has 6 aliphatic rings. The van der Waals surface area contributed by atoms with Crippen LogP contribution in [0.4, 0.5) is 0 Å². The van der Waals surface area contributed by atoms with Crippen LogP contribution < -0.4 is 10.8 Å². The van der Waals surface area contributed by atoms with E-state index in [0.29, 0.717) is 62.3 Å². The van der Waals surface area contributed by atoms with Gasteiger partial charge in [0.1, 0.15) is 0 Å². The zero-order chi connectivity index (χ0) is 40.7. The molecule has 6 saturated carbocycles. The van der Waals surface area contributed by atoms with Gasteiger partial charge in [-0.05, 0) is 152 Å². The molecule has 0 aromatic heterocycles. The van der Waals surface area contributed by atoms with Crippen LogP contribution in [0.15, 0.2) is 0 Å².